The topological polar surface area (TPSA) is 80.9 Å². The summed E-state index contributed by atoms with van der Waals surface area (Å²) < 4.78 is 14.9. The maximum absolute atomic E-state index is 13.0. The van der Waals surface area contributed by atoms with Crippen LogP contribution in [-0.4, -0.2) is 30.8 Å². The van der Waals surface area contributed by atoms with Crippen molar-refractivity contribution >= 4 is 16.9 Å². The molecule has 3 aromatic heterocycles. The lowest BCUT2D eigenvalue weighted by Crippen LogP contribution is -2.02. The van der Waals surface area contributed by atoms with Gasteiger partial charge in [0.15, 0.2) is 0 Å². The Hall–Kier alpha value is -3.61. The molecule has 4 aromatic rings. The molecule has 3 heterocycles. The summed E-state index contributed by atoms with van der Waals surface area (Å²) in [6.45, 7) is 0.717. The summed E-state index contributed by atoms with van der Waals surface area (Å²) >= 11 is 0. The van der Waals surface area contributed by atoms with Crippen molar-refractivity contribution in [1.82, 2.24) is 19.7 Å². The molecular weight excluding hydrogens is 359 g/mol. The van der Waals surface area contributed by atoms with E-state index < -0.39 is 5.97 Å². The molecule has 0 aliphatic carbocycles. The first-order chi connectivity index (χ1) is 13.6. The van der Waals surface area contributed by atoms with Gasteiger partial charge in [0.2, 0.25) is 0 Å². The van der Waals surface area contributed by atoms with Crippen LogP contribution in [0.1, 0.15) is 22.3 Å². The van der Waals surface area contributed by atoms with Gasteiger partial charge in [0.05, 0.1) is 34.9 Å². The summed E-state index contributed by atoms with van der Waals surface area (Å²) in [5.74, 6) is -1.23. The number of carboxylic acid groups (broad SMARTS) is 1. The van der Waals surface area contributed by atoms with Crippen molar-refractivity contribution in [3.05, 3.63) is 78.0 Å². The van der Waals surface area contributed by atoms with Crippen LogP contribution in [0.3, 0.4) is 0 Å². The lowest BCUT2D eigenvalue weighted by Gasteiger charge is -2.05. The number of benzene rings is 1. The quantitative estimate of drug-likeness (QED) is 0.551. The van der Waals surface area contributed by atoms with E-state index in [-0.39, 0.29) is 11.4 Å². The standard InChI is InChI=1S/C21H17FN4O2/c22-17-5-3-14(4-6-17)2-1-9-26-20-13-24-19(11-16(20)12-25-26)18-10-15(21(27)28)7-8-23-18/h3-8,10-13H,1-2,9H2,(H,27,28). The predicted octanol–water partition coefficient (Wildman–Crippen LogP) is 3.96. The number of rotatable bonds is 6. The van der Waals surface area contributed by atoms with Crippen molar-refractivity contribution in [3.8, 4) is 11.4 Å². The first kappa shape index (κ1) is 17.8. The van der Waals surface area contributed by atoms with Crippen LogP contribution in [0.4, 0.5) is 4.39 Å². The van der Waals surface area contributed by atoms with E-state index in [2.05, 4.69) is 15.1 Å². The second-order valence-corrected chi connectivity index (χ2v) is 6.46. The van der Waals surface area contributed by atoms with E-state index >= 15 is 0 Å². The van der Waals surface area contributed by atoms with Gasteiger partial charge in [-0.3, -0.25) is 14.6 Å². The molecule has 0 bridgehead atoms. The van der Waals surface area contributed by atoms with Crippen molar-refractivity contribution in [2.45, 2.75) is 19.4 Å². The van der Waals surface area contributed by atoms with Gasteiger partial charge in [0, 0.05) is 18.1 Å². The molecule has 0 fully saturated rings. The highest BCUT2D eigenvalue weighted by Crippen LogP contribution is 2.21. The molecule has 0 saturated heterocycles. The summed E-state index contributed by atoms with van der Waals surface area (Å²) in [6.07, 6.45) is 6.65. The minimum Gasteiger partial charge on any atom is -0.478 e. The molecule has 0 atom stereocenters. The summed E-state index contributed by atoms with van der Waals surface area (Å²) in [7, 11) is 0. The molecule has 0 amide bonds. The summed E-state index contributed by atoms with van der Waals surface area (Å²) in [4.78, 5) is 19.8. The van der Waals surface area contributed by atoms with E-state index in [1.807, 2.05) is 10.7 Å². The van der Waals surface area contributed by atoms with Gasteiger partial charge in [0.1, 0.15) is 5.82 Å². The Balaban J connectivity index is 1.50. The Morgan fingerprint density at radius 3 is 2.61 bits per heavy atom. The fourth-order valence-electron chi connectivity index (χ4n) is 3.08. The van der Waals surface area contributed by atoms with Crippen molar-refractivity contribution in [1.29, 1.82) is 0 Å². The largest absolute Gasteiger partial charge is 0.478 e. The minimum atomic E-state index is -1.00. The Kier molecular flexibility index (Phi) is 4.80. The smallest absolute Gasteiger partial charge is 0.335 e. The average molecular weight is 376 g/mol. The van der Waals surface area contributed by atoms with Crippen LogP contribution < -0.4 is 0 Å². The normalized spacial score (nSPS) is 11.0. The highest BCUT2D eigenvalue weighted by Gasteiger charge is 2.10. The Bertz CT molecular complexity index is 1140. The van der Waals surface area contributed by atoms with Gasteiger partial charge in [-0.05, 0) is 48.7 Å². The minimum absolute atomic E-state index is 0.170. The number of nitrogens with zero attached hydrogens (tertiary/aromatic N) is 4. The second kappa shape index (κ2) is 7.56. The molecule has 7 heteroatoms. The highest BCUT2D eigenvalue weighted by molar-refractivity contribution is 5.89. The zero-order chi connectivity index (χ0) is 19.5. The van der Waals surface area contributed by atoms with Crippen LogP contribution in [0.15, 0.2) is 61.1 Å². The number of aryl methyl sites for hydroxylation is 2. The number of fused-ring (bicyclic) bond motifs is 1. The molecule has 0 aliphatic rings. The van der Waals surface area contributed by atoms with E-state index in [0.717, 1.165) is 29.3 Å². The number of pyridine rings is 2. The lowest BCUT2D eigenvalue weighted by atomic mass is 10.1. The number of halogens is 1. The maximum Gasteiger partial charge on any atom is 0.335 e. The molecule has 28 heavy (non-hydrogen) atoms. The number of aromatic carboxylic acids is 1. The van der Waals surface area contributed by atoms with Gasteiger partial charge >= 0.3 is 5.97 Å². The van der Waals surface area contributed by atoms with E-state index in [0.29, 0.717) is 17.9 Å². The van der Waals surface area contributed by atoms with Crippen LogP contribution >= 0.6 is 0 Å². The molecule has 6 nitrogen and oxygen atoms in total. The Labute approximate surface area is 160 Å². The molecule has 1 aromatic carbocycles. The zero-order valence-electron chi connectivity index (χ0n) is 14.9. The molecule has 0 unspecified atom stereocenters. The van der Waals surface area contributed by atoms with Crippen LogP contribution in [-0.2, 0) is 13.0 Å². The number of carboxylic acids is 1. The maximum atomic E-state index is 13.0. The van der Waals surface area contributed by atoms with Crippen molar-refractivity contribution in [2.75, 3.05) is 0 Å². The zero-order valence-corrected chi connectivity index (χ0v) is 14.9. The van der Waals surface area contributed by atoms with Crippen LogP contribution in [0, 0.1) is 5.82 Å². The van der Waals surface area contributed by atoms with Crippen LogP contribution in [0.5, 0.6) is 0 Å². The molecule has 0 saturated carbocycles. The highest BCUT2D eigenvalue weighted by atomic mass is 19.1. The van der Waals surface area contributed by atoms with Gasteiger partial charge in [-0.15, -0.1) is 0 Å². The van der Waals surface area contributed by atoms with Gasteiger partial charge in [-0.25, -0.2) is 9.18 Å². The van der Waals surface area contributed by atoms with Crippen molar-refractivity contribution < 1.29 is 14.3 Å². The molecular formula is C21H17FN4O2. The van der Waals surface area contributed by atoms with Gasteiger partial charge in [-0.1, -0.05) is 12.1 Å². The number of hydrogen-bond donors (Lipinski definition) is 1. The number of aromatic nitrogens is 4. The summed E-state index contributed by atoms with van der Waals surface area (Å²) in [5, 5.41) is 14.5. The molecule has 140 valence electrons. The summed E-state index contributed by atoms with van der Waals surface area (Å²) in [5.41, 5.74) is 3.26. The third kappa shape index (κ3) is 3.73. The van der Waals surface area contributed by atoms with E-state index in [1.165, 1.54) is 30.5 Å². The van der Waals surface area contributed by atoms with E-state index in [9.17, 15) is 9.18 Å². The van der Waals surface area contributed by atoms with Crippen LogP contribution in [0.2, 0.25) is 0 Å². The van der Waals surface area contributed by atoms with Gasteiger partial charge < -0.3 is 5.11 Å². The first-order valence-electron chi connectivity index (χ1n) is 8.86. The molecule has 0 aliphatic heterocycles. The summed E-state index contributed by atoms with van der Waals surface area (Å²) in [6, 6.07) is 11.3. The van der Waals surface area contributed by atoms with Crippen LogP contribution in [0.25, 0.3) is 22.3 Å². The van der Waals surface area contributed by atoms with Crippen molar-refractivity contribution in [2.24, 2.45) is 0 Å². The Morgan fingerprint density at radius 1 is 1.04 bits per heavy atom. The third-order valence-electron chi connectivity index (χ3n) is 4.55. The third-order valence-corrected chi connectivity index (χ3v) is 4.55. The molecule has 1 N–H and O–H groups in total. The van der Waals surface area contributed by atoms with Gasteiger partial charge in [-0.2, -0.15) is 5.10 Å². The van der Waals surface area contributed by atoms with Gasteiger partial charge in [0.25, 0.3) is 0 Å². The van der Waals surface area contributed by atoms with E-state index in [1.54, 1.807) is 24.5 Å². The average Bonchev–Trinajstić information content (AvgIpc) is 3.12. The number of hydrogen-bond acceptors (Lipinski definition) is 4. The molecule has 4 rings (SSSR count). The fraction of sp³-hybridized carbons (Fsp3) is 0.143. The lowest BCUT2D eigenvalue weighted by molar-refractivity contribution is 0.0697. The number of carbonyl (C=O) groups is 1. The van der Waals surface area contributed by atoms with Crippen molar-refractivity contribution in [3.63, 3.8) is 0 Å². The second-order valence-electron chi connectivity index (χ2n) is 6.46. The monoisotopic (exact) mass is 376 g/mol. The predicted molar refractivity (Wildman–Crippen MR) is 102 cm³/mol. The Morgan fingerprint density at radius 2 is 1.82 bits per heavy atom. The first-order valence-corrected chi connectivity index (χ1v) is 8.86. The molecule has 0 radical (unpaired) electrons. The molecule has 0 spiro atoms. The van der Waals surface area contributed by atoms with E-state index in [4.69, 9.17) is 5.11 Å². The fourth-order valence-corrected chi connectivity index (χ4v) is 3.08. The SMILES string of the molecule is O=C(O)c1ccnc(-c2cc3cnn(CCCc4ccc(F)cc4)c3cn2)c1.